The molecule has 3 nitrogen and oxygen atoms in total. The normalized spacial score (nSPS) is 20.8. The van der Waals surface area contributed by atoms with Crippen LogP contribution in [0.4, 0.5) is 5.69 Å². The molecule has 1 saturated heterocycles. The van der Waals surface area contributed by atoms with Crippen LogP contribution in [0.1, 0.15) is 13.8 Å². The van der Waals surface area contributed by atoms with Crippen LogP contribution in [0.25, 0.3) is 0 Å². The molecular formula is C14H20Br2N2O. The average Bonchev–Trinajstić information content (AvgIpc) is 2.38. The van der Waals surface area contributed by atoms with Crippen molar-refractivity contribution in [2.24, 2.45) is 0 Å². The molecule has 0 aliphatic carbocycles. The van der Waals surface area contributed by atoms with Crippen molar-refractivity contribution in [1.29, 1.82) is 0 Å². The van der Waals surface area contributed by atoms with E-state index in [0.717, 1.165) is 40.9 Å². The Morgan fingerprint density at radius 1 is 1.37 bits per heavy atom. The maximum absolute atomic E-state index is 5.83. The molecular weight excluding hydrogens is 372 g/mol. The predicted molar refractivity (Wildman–Crippen MR) is 86.8 cm³/mol. The minimum atomic E-state index is 0.246. The summed E-state index contributed by atoms with van der Waals surface area (Å²) in [6.07, 6.45) is 0.246. The van der Waals surface area contributed by atoms with Crippen molar-refractivity contribution in [1.82, 2.24) is 4.90 Å². The number of morpholine rings is 1. The van der Waals surface area contributed by atoms with Gasteiger partial charge in [-0.1, -0.05) is 6.07 Å². The summed E-state index contributed by atoms with van der Waals surface area (Å²) in [6, 6.07) is 6.67. The lowest BCUT2D eigenvalue weighted by Gasteiger charge is -2.35. The summed E-state index contributed by atoms with van der Waals surface area (Å²) in [5, 5.41) is 3.46. The second-order valence-corrected chi connectivity index (χ2v) is 6.77. The van der Waals surface area contributed by atoms with Gasteiger partial charge in [-0.2, -0.15) is 0 Å². The SMILES string of the molecule is CC(C)N1CCOC(CNc2c(Br)cccc2Br)C1. The first-order valence-electron chi connectivity index (χ1n) is 6.61. The Morgan fingerprint density at radius 3 is 2.68 bits per heavy atom. The Balaban J connectivity index is 1.92. The van der Waals surface area contributed by atoms with Gasteiger partial charge in [0, 0.05) is 34.6 Å². The van der Waals surface area contributed by atoms with Crippen molar-refractivity contribution < 1.29 is 4.74 Å². The molecule has 1 aromatic carbocycles. The molecule has 2 rings (SSSR count). The maximum Gasteiger partial charge on any atom is 0.0874 e. The van der Waals surface area contributed by atoms with Crippen LogP contribution in [0.5, 0.6) is 0 Å². The third kappa shape index (κ3) is 4.18. The molecule has 19 heavy (non-hydrogen) atoms. The molecule has 0 amide bonds. The van der Waals surface area contributed by atoms with Crippen LogP contribution in [0, 0.1) is 0 Å². The van der Waals surface area contributed by atoms with Gasteiger partial charge in [0.2, 0.25) is 0 Å². The first kappa shape index (κ1) is 15.3. The van der Waals surface area contributed by atoms with Crippen molar-refractivity contribution in [2.45, 2.75) is 26.0 Å². The number of nitrogens with one attached hydrogen (secondary N) is 1. The molecule has 0 saturated carbocycles. The molecule has 1 heterocycles. The second-order valence-electron chi connectivity index (χ2n) is 5.06. The van der Waals surface area contributed by atoms with E-state index < -0.39 is 0 Å². The summed E-state index contributed by atoms with van der Waals surface area (Å²) >= 11 is 7.13. The molecule has 1 aromatic rings. The van der Waals surface area contributed by atoms with E-state index in [1.165, 1.54) is 0 Å². The number of benzene rings is 1. The fourth-order valence-electron chi connectivity index (χ4n) is 2.22. The molecule has 0 radical (unpaired) electrons. The standard InChI is InChI=1S/C14H20Br2N2O/c1-10(2)18-6-7-19-11(9-18)8-17-14-12(15)4-3-5-13(14)16/h3-5,10-11,17H,6-9H2,1-2H3. The van der Waals surface area contributed by atoms with E-state index in [-0.39, 0.29) is 6.10 Å². The van der Waals surface area contributed by atoms with Crippen molar-refractivity contribution in [3.63, 3.8) is 0 Å². The Kier molecular flexibility index (Phi) is 5.69. The molecule has 1 unspecified atom stereocenters. The average molecular weight is 392 g/mol. The predicted octanol–water partition coefficient (Wildman–Crippen LogP) is 3.73. The zero-order valence-corrected chi connectivity index (χ0v) is 14.5. The first-order valence-corrected chi connectivity index (χ1v) is 8.20. The quantitative estimate of drug-likeness (QED) is 0.846. The van der Waals surface area contributed by atoms with Gasteiger partial charge in [0.1, 0.15) is 0 Å². The van der Waals surface area contributed by atoms with Gasteiger partial charge in [0.05, 0.1) is 18.4 Å². The lowest BCUT2D eigenvalue weighted by atomic mass is 10.2. The number of hydrogen-bond acceptors (Lipinski definition) is 3. The summed E-state index contributed by atoms with van der Waals surface area (Å²) < 4.78 is 7.96. The number of hydrogen-bond donors (Lipinski definition) is 1. The first-order chi connectivity index (χ1) is 9.08. The zero-order chi connectivity index (χ0) is 13.8. The van der Waals surface area contributed by atoms with Gasteiger partial charge in [-0.25, -0.2) is 0 Å². The zero-order valence-electron chi connectivity index (χ0n) is 11.3. The number of para-hydroxylation sites is 1. The minimum Gasteiger partial charge on any atom is -0.381 e. The van der Waals surface area contributed by atoms with Gasteiger partial charge in [0.25, 0.3) is 0 Å². The molecule has 5 heteroatoms. The Hall–Kier alpha value is -0.100. The fraction of sp³-hybridized carbons (Fsp3) is 0.571. The highest BCUT2D eigenvalue weighted by molar-refractivity contribution is 9.11. The topological polar surface area (TPSA) is 24.5 Å². The van der Waals surface area contributed by atoms with Crippen LogP contribution >= 0.6 is 31.9 Å². The monoisotopic (exact) mass is 390 g/mol. The van der Waals surface area contributed by atoms with Gasteiger partial charge in [0.15, 0.2) is 0 Å². The molecule has 0 spiro atoms. The van der Waals surface area contributed by atoms with Gasteiger partial charge in [-0.05, 0) is 57.8 Å². The van der Waals surface area contributed by atoms with Gasteiger partial charge >= 0.3 is 0 Å². The van der Waals surface area contributed by atoms with Crippen molar-refractivity contribution in [2.75, 3.05) is 31.6 Å². The van der Waals surface area contributed by atoms with E-state index >= 15 is 0 Å². The van der Waals surface area contributed by atoms with Crippen molar-refractivity contribution >= 4 is 37.5 Å². The lowest BCUT2D eigenvalue weighted by molar-refractivity contribution is -0.0315. The number of halogens is 2. The molecule has 1 fully saturated rings. The number of rotatable bonds is 4. The number of anilines is 1. The summed E-state index contributed by atoms with van der Waals surface area (Å²) in [4.78, 5) is 2.46. The highest BCUT2D eigenvalue weighted by Crippen LogP contribution is 2.30. The largest absolute Gasteiger partial charge is 0.381 e. The van der Waals surface area contributed by atoms with Crippen LogP contribution in [0.3, 0.4) is 0 Å². The Bertz CT molecular complexity index is 406. The van der Waals surface area contributed by atoms with Crippen LogP contribution in [0.2, 0.25) is 0 Å². The second kappa shape index (κ2) is 7.07. The van der Waals surface area contributed by atoms with E-state index in [1.807, 2.05) is 18.2 Å². The highest BCUT2D eigenvalue weighted by atomic mass is 79.9. The molecule has 1 atom stereocenters. The van der Waals surface area contributed by atoms with Gasteiger partial charge < -0.3 is 10.1 Å². The maximum atomic E-state index is 5.83. The molecule has 1 aliphatic rings. The van der Waals surface area contributed by atoms with Crippen molar-refractivity contribution in [3.05, 3.63) is 27.1 Å². The van der Waals surface area contributed by atoms with E-state index in [9.17, 15) is 0 Å². The third-order valence-electron chi connectivity index (χ3n) is 3.37. The molecule has 1 N–H and O–H groups in total. The van der Waals surface area contributed by atoms with E-state index in [4.69, 9.17) is 4.74 Å². The number of ether oxygens (including phenoxy) is 1. The summed E-state index contributed by atoms with van der Waals surface area (Å²) in [7, 11) is 0. The van der Waals surface area contributed by atoms with Crippen LogP contribution < -0.4 is 5.32 Å². The fourth-order valence-corrected chi connectivity index (χ4v) is 3.50. The minimum absolute atomic E-state index is 0.246. The summed E-state index contributed by atoms with van der Waals surface area (Å²) in [5.41, 5.74) is 1.09. The molecule has 106 valence electrons. The molecule has 1 aliphatic heterocycles. The molecule has 0 aromatic heterocycles. The smallest absolute Gasteiger partial charge is 0.0874 e. The van der Waals surface area contributed by atoms with Crippen LogP contribution in [0.15, 0.2) is 27.1 Å². The van der Waals surface area contributed by atoms with Gasteiger partial charge in [-0.3, -0.25) is 4.90 Å². The van der Waals surface area contributed by atoms with Crippen LogP contribution in [-0.2, 0) is 4.74 Å². The highest BCUT2D eigenvalue weighted by Gasteiger charge is 2.22. The summed E-state index contributed by atoms with van der Waals surface area (Å²) in [6.45, 7) is 8.14. The van der Waals surface area contributed by atoms with Gasteiger partial charge in [-0.15, -0.1) is 0 Å². The van der Waals surface area contributed by atoms with Crippen molar-refractivity contribution in [3.8, 4) is 0 Å². The molecule has 0 bridgehead atoms. The Labute approximate surface area is 132 Å². The third-order valence-corrected chi connectivity index (χ3v) is 4.69. The number of nitrogens with zero attached hydrogens (tertiary/aromatic N) is 1. The Morgan fingerprint density at radius 2 is 2.05 bits per heavy atom. The van der Waals surface area contributed by atoms with E-state index in [0.29, 0.717) is 6.04 Å². The summed E-state index contributed by atoms with van der Waals surface area (Å²) in [5.74, 6) is 0. The van der Waals surface area contributed by atoms with Crippen LogP contribution in [-0.4, -0.2) is 43.3 Å². The lowest BCUT2D eigenvalue weighted by Crippen LogP contribution is -2.48. The van der Waals surface area contributed by atoms with E-state index in [2.05, 4.69) is 55.9 Å². The van der Waals surface area contributed by atoms with E-state index in [1.54, 1.807) is 0 Å².